The number of sulfonamides is 1. The maximum absolute atomic E-state index is 12.2. The van der Waals surface area contributed by atoms with Gasteiger partial charge < -0.3 is 5.73 Å². The number of aryl methyl sites for hydroxylation is 1. The van der Waals surface area contributed by atoms with Crippen molar-refractivity contribution >= 4 is 10.0 Å². The molecule has 1 rings (SSSR count). The van der Waals surface area contributed by atoms with Gasteiger partial charge in [0, 0.05) is 12.6 Å². The second-order valence-electron chi connectivity index (χ2n) is 5.44. The molecule has 1 atom stereocenters. The van der Waals surface area contributed by atoms with Gasteiger partial charge in [0.2, 0.25) is 10.0 Å². The Bertz CT molecular complexity index is 524. The lowest BCUT2D eigenvalue weighted by Gasteiger charge is -2.16. The average molecular weight is 284 g/mol. The molecular weight excluding hydrogens is 260 g/mol. The molecule has 0 aliphatic heterocycles. The van der Waals surface area contributed by atoms with Crippen LogP contribution in [0.3, 0.4) is 0 Å². The van der Waals surface area contributed by atoms with Crippen LogP contribution in [0.1, 0.15) is 38.3 Å². The summed E-state index contributed by atoms with van der Waals surface area (Å²) < 4.78 is 27.2. The molecule has 0 aliphatic carbocycles. The molecule has 19 heavy (non-hydrogen) atoms. The van der Waals surface area contributed by atoms with E-state index in [4.69, 9.17) is 5.73 Å². The quantitative estimate of drug-likeness (QED) is 0.841. The number of nitrogens with two attached hydrogens (primary N) is 1. The van der Waals surface area contributed by atoms with Crippen LogP contribution >= 0.6 is 0 Å². The van der Waals surface area contributed by atoms with Crippen LogP contribution in [0.4, 0.5) is 0 Å². The van der Waals surface area contributed by atoms with Crippen molar-refractivity contribution in [3.8, 4) is 0 Å². The zero-order chi connectivity index (χ0) is 14.6. The van der Waals surface area contributed by atoms with Gasteiger partial charge >= 0.3 is 0 Å². The van der Waals surface area contributed by atoms with Gasteiger partial charge in [-0.05, 0) is 49.4 Å². The molecule has 0 aromatic heterocycles. The van der Waals surface area contributed by atoms with E-state index < -0.39 is 10.0 Å². The van der Waals surface area contributed by atoms with Crippen LogP contribution < -0.4 is 10.5 Å². The molecule has 0 heterocycles. The molecule has 5 heteroatoms. The van der Waals surface area contributed by atoms with Gasteiger partial charge in [0.15, 0.2) is 0 Å². The van der Waals surface area contributed by atoms with E-state index in [1.807, 2.05) is 13.8 Å². The van der Waals surface area contributed by atoms with Crippen LogP contribution in [0.2, 0.25) is 0 Å². The van der Waals surface area contributed by atoms with Crippen molar-refractivity contribution in [2.45, 2.75) is 51.6 Å². The number of benzene rings is 1. The van der Waals surface area contributed by atoms with E-state index in [9.17, 15) is 8.42 Å². The smallest absolute Gasteiger partial charge is 0.240 e. The molecule has 108 valence electrons. The monoisotopic (exact) mass is 284 g/mol. The fraction of sp³-hybridized carbons (Fsp3) is 0.571. The van der Waals surface area contributed by atoms with Crippen molar-refractivity contribution in [2.24, 2.45) is 11.7 Å². The third kappa shape index (κ3) is 4.60. The van der Waals surface area contributed by atoms with E-state index in [2.05, 4.69) is 18.6 Å². The third-order valence-corrected chi connectivity index (χ3v) is 4.61. The number of hydrogen-bond donors (Lipinski definition) is 2. The van der Waals surface area contributed by atoms with Crippen LogP contribution in [0, 0.1) is 12.8 Å². The first-order chi connectivity index (χ1) is 8.76. The van der Waals surface area contributed by atoms with Crippen molar-refractivity contribution in [3.63, 3.8) is 0 Å². The lowest BCUT2D eigenvalue weighted by atomic mass is 10.1. The summed E-state index contributed by atoms with van der Waals surface area (Å²) >= 11 is 0. The van der Waals surface area contributed by atoms with Gasteiger partial charge in [-0.15, -0.1) is 0 Å². The van der Waals surface area contributed by atoms with E-state index in [-0.39, 0.29) is 6.04 Å². The fourth-order valence-electron chi connectivity index (χ4n) is 2.15. The molecule has 0 radical (unpaired) electrons. The minimum absolute atomic E-state index is 0.0699. The van der Waals surface area contributed by atoms with E-state index in [0.29, 0.717) is 17.4 Å². The molecule has 1 unspecified atom stereocenters. The second-order valence-corrected chi connectivity index (χ2v) is 7.16. The largest absolute Gasteiger partial charge is 0.326 e. The Hall–Kier alpha value is -0.910. The summed E-state index contributed by atoms with van der Waals surface area (Å²) in [5.41, 5.74) is 7.45. The summed E-state index contributed by atoms with van der Waals surface area (Å²) in [4.78, 5) is 0.304. The molecule has 0 aliphatic rings. The molecule has 0 amide bonds. The molecular formula is C14H24N2O2S. The Balaban J connectivity index is 2.91. The number of rotatable bonds is 6. The van der Waals surface area contributed by atoms with Crippen LogP contribution in [-0.2, 0) is 16.6 Å². The fourth-order valence-corrected chi connectivity index (χ4v) is 3.49. The first-order valence-corrected chi connectivity index (χ1v) is 8.06. The minimum atomic E-state index is -3.44. The highest BCUT2D eigenvalue weighted by atomic mass is 32.2. The van der Waals surface area contributed by atoms with Crippen molar-refractivity contribution in [3.05, 3.63) is 29.3 Å². The zero-order valence-corrected chi connectivity index (χ0v) is 12.9. The SMILES string of the molecule is Cc1cc(S(=O)(=O)NC(C)CC(C)C)ccc1CN. The number of hydrogen-bond acceptors (Lipinski definition) is 3. The molecule has 0 fully saturated rings. The Morgan fingerprint density at radius 3 is 2.37 bits per heavy atom. The third-order valence-electron chi connectivity index (χ3n) is 3.03. The second kappa shape index (κ2) is 6.50. The summed E-state index contributed by atoms with van der Waals surface area (Å²) in [5.74, 6) is 0.457. The molecule has 3 N–H and O–H groups in total. The minimum Gasteiger partial charge on any atom is -0.326 e. The standard InChI is InChI=1S/C14H24N2O2S/c1-10(2)7-12(4)16-19(17,18)14-6-5-13(9-15)11(3)8-14/h5-6,8,10,12,16H,7,9,15H2,1-4H3. The Kier molecular flexibility index (Phi) is 5.52. The van der Waals surface area contributed by atoms with Gasteiger partial charge in [-0.1, -0.05) is 19.9 Å². The topological polar surface area (TPSA) is 72.2 Å². The Morgan fingerprint density at radius 1 is 1.26 bits per heavy atom. The van der Waals surface area contributed by atoms with Gasteiger partial charge in [0.1, 0.15) is 0 Å². The van der Waals surface area contributed by atoms with Crippen LogP contribution in [0.15, 0.2) is 23.1 Å². The van der Waals surface area contributed by atoms with Gasteiger partial charge in [-0.3, -0.25) is 0 Å². The summed E-state index contributed by atoms with van der Waals surface area (Å²) in [6.07, 6.45) is 0.819. The van der Waals surface area contributed by atoms with Gasteiger partial charge in [0.05, 0.1) is 4.90 Å². The van der Waals surface area contributed by atoms with E-state index >= 15 is 0 Å². The Morgan fingerprint density at radius 2 is 1.89 bits per heavy atom. The maximum Gasteiger partial charge on any atom is 0.240 e. The molecule has 0 bridgehead atoms. The normalized spacial score (nSPS) is 13.8. The molecule has 1 aromatic rings. The highest BCUT2D eigenvalue weighted by molar-refractivity contribution is 7.89. The summed E-state index contributed by atoms with van der Waals surface area (Å²) in [6, 6.07) is 4.99. The lowest BCUT2D eigenvalue weighted by Crippen LogP contribution is -2.33. The maximum atomic E-state index is 12.2. The summed E-state index contributed by atoms with van der Waals surface area (Å²) in [6.45, 7) is 8.33. The molecule has 1 aromatic carbocycles. The predicted molar refractivity (Wildman–Crippen MR) is 78.3 cm³/mol. The highest BCUT2D eigenvalue weighted by Gasteiger charge is 2.18. The first-order valence-electron chi connectivity index (χ1n) is 6.58. The van der Waals surface area contributed by atoms with Gasteiger partial charge in [-0.2, -0.15) is 0 Å². The lowest BCUT2D eigenvalue weighted by molar-refractivity contribution is 0.482. The molecule has 4 nitrogen and oxygen atoms in total. The van der Waals surface area contributed by atoms with Crippen molar-refractivity contribution < 1.29 is 8.42 Å². The van der Waals surface area contributed by atoms with Crippen molar-refractivity contribution in [2.75, 3.05) is 0 Å². The zero-order valence-electron chi connectivity index (χ0n) is 12.1. The van der Waals surface area contributed by atoms with Gasteiger partial charge in [0.25, 0.3) is 0 Å². The van der Waals surface area contributed by atoms with Gasteiger partial charge in [-0.25, -0.2) is 13.1 Å². The van der Waals surface area contributed by atoms with Crippen LogP contribution in [-0.4, -0.2) is 14.5 Å². The molecule has 0 saturated carbocycles. The van der Waals surface area contributed by atoms with Crippen molar-refractivity contribution in [1.82, 2.24) is 4.72 Å². The molecule has 0 spiro atoms. The predicted octanol–water partition coefficient (Wildman–Crippen LogP) is 2.17. The molecule has 0 saturated heterocycles. The van der Waals surface area contributed by atoms with Crippen LogP contribution in [0.5, 0.6) is 0 Å². The average Bonchev–Trinajstić information content (AvgIpc) is 2.26. The van der Waals surface area contributed by atoms with Crippen molar-refractivity contribution in [1.29, 1.82) is 0 Å². The number of nitrogens with one attached hydrogen (secondary N) is 1. The summed E-state index contributed by atoms with van der Waals surface area (Å²) in [5, 5.41) is 0. The van der Waals surface area contributed by atoms with Crippen LogP contribution in [0.25, 0.3) is 0 Å². The summed E-state index contributed by atoms with van der Waals surface area (Å²) in [7, 11) is -3.44. The van der Waals surface area contributed by atoms with E-state index in [0.717, 1.165) is 17.5 Å². The van der Waals surface area contributed by atoms with E-state index in [1.54, 1.807) is 18.2 Å². The highest BCUT2D eigenvalue weighted by Crippen LogP contribution is 2.16. The first kappa shape index (κ1) is 16.1. The Labute approximate surface area is 116 Å². The van der Waals surface area contributed by atoms with E-state index in [1.165, 1.54) is 0 Å².